The van der Waals surface area contributed by atoms with Gasteiger partial charge in [-0.2, -0.15) is 0 Å². The van der Waals surface area contributed by atoms with Gasteiger partial charge >= 0.3 is 0 Å². The van der Waals surface area contributed by atoms with Crippen LogP contribution in [0.2, 0.25) is 0 Å². The molecular weight excluding hydrogens is 467 g/mol. The summed E-state index contributed by atoms with van der Waals surface area (Å²) >= 11 is 0. The van der Waals surface area contributed by atoms with Crippen molar-refractivity contribution in [2.24, 2.45) is 10.9 Å². The molecular formula is C21H29IN4O2. The molecule has 152 valence electrons. The lowest BCUT2D eigenvalue weighted by molar-refractivity contribution is -0.118. The van der Waals surface area contributed by atoms with Gasteiger partial charge in [-0.05, 0) is 35.4 Å². The highest BCUT2D eigenvalue weighted by Gasteiger charge is 2.07. The van der Waals surface area contributed by atoms with Crippen LogP contribution in [0.4, 0.5) is 5.69 Å². The predicted octanol–water partition coefficient (Wildman–Crippen LogP) is 3.77. The molecule has 0 aliphatic rings. The second-order valence-corrected chi connectivity index (χ2v) is 6.47. The summed E-state index contributed by atoms with van der Waals surface area (Å²) in [5.41, 5.74) is 3.02. The Kier molecular flexibility index (Phi) is 10.4. The summed E-state index contributed by atoms with van der Waals surface area (Å²) in [7, 11) is 3.40. The molecule has 0 saturated carbocycles. The number of aliphatic imine (C=N–C) groups is 1. The van der Waals surface area contributed by atoms with E-state index in [0.717, 1.165) is 28.5 Å². The molecule has 3 N–H and O–H groups in total. The highest BCUT2D eigenvalue weighted by Crippen LogP contribution is 2.12. The lowest BCUT2D eigenvalue weighted by atomic mass is 10.1. The highest BCUT2D eigenvalue weighted by atomic mass is 127. The summed E-state index contributed by atoms with van der Waals surface area (Å²) in [6.07, 6.45) is 0. The molecule has 2 rings (SSSR count). The van der Waals surface area contributed by atoms with Crippen molar-refractivity contribution in [1.29, 1.82) is 0 Å². The lowest BCUT2D eigenvalue weighted by Crippen LogP contribution is -2.36. The van der Waals surface area contributed by atoms with Crippen LogP contribution in [0.5, 0.6) is 5.75 Å². The van der Waals surface area contributed by atoms with E-state index in [1.54, 1.807) is 14.2 Å². The Labute approximate surface area is 184 Å². The van der Waals surface area contributed by atoms with Crippen molar-refractivity contribution in [3.8, 4) is 5.75 Å². The van der Waals surface area contributed by atoms with Crippen molar-refractivity contribution in [2.45, 2.75) is 26.9 Å². The zero-order valence-corrected chi connectivity index (χ0v) is 19.1. The van der Waals surface area contributed by atoms with Gasteiger partial charge in [-0.15, -0.1) is 24.0 Å². The lowest BCUT2D eigenvalue weighted by Gasteiger charge is -2.13. The maximum Gasteiger partial charge on any atom is 0.226 e. The van der Waals surface area contributed by atoms with Crippen LogP contribution >= 0.6 is 24.0 Å². The van der Waals surface area contributed by atoms with Gasteiger partial charge in [0, 0.05) is 31.7 Å². The Morgan fingerprint density at radius 2 is 1.68 bits per heavy atom. The molecule has 0 heterocycles. The van der Waals surface area contributed by atoms with E-state index in [-0.39, 0.29) is 35.8 Å². The van der Waals surface area contributed by atoms with Gasteiger partial charge in [0.2, 0.25) is 5.91 Å². The molecule has 0 aromatic heterocycles. The minimum absolute atomic E-state index is 0. The van der Waals surface area contributed by atoms with Crippen molar-refractivity contribution in [3.63, 3.8) is 0 Å². The number of methoxy groups -OCH3 is 1. The van der Waals surface area contributed by atoms with Gasteiger partial charge in [0.15, 0.2) is 5.96 Å². The number of halogens is 1. The van der Waals surface area contributed by atoms with Crippen molar-refractivity contribution in [1.82, 2.24) is 10.6 Å². The summed E-state index contributed by atoms with van der Waals surface area (Å²) in [6.45, 7) is 5.03. The first-order valence-corrected chi connectivity index (χ1v) is 8.99. The normalized spacial score (nSPS) is 10.8. The molecule has 1 amide bonds. The minimum atomic E-state index is -0.0367. The van der Waals surface area contributed by atoms with Crippen LogP contribution in [0.1, 0.15) is 25.0 Å². The van der Waals surface area contributed by atoms with E-state index < -0.39 is 0 Å². The molecule has 0 radical (unpaired) electrons. The van der Waals surface area contributed by atoms with E-state index in [1.807, 2.05) is 62.4 Å². The molecule has 2 aromatic carbocycles. The van der Waals surface area contributed by atoms with Crippen LogP contribution in [0, 0.1) is 5.92 Å². The average Bonchev–Trinajstić information content (AvgIpc) is 2.69. The predicted molar refractivity (Wildman–Crippen MR) is 125 cm³/mol. The number of anilines is 1. The zero-order chi connectivity index (χ0) is 19.6. The number of rotatable bonds is 7. The van der Waals surface area contributed by atoms with Gasteiger partial charge in [-0.25, -0.2) is 0 Å². The summed E-state index contributed by atoms with van der Waals surface area (Å²) < 4.78 is 5.24. The molecule has 0 spiro atoms. The first-order valence-electron chi connectivity index (χ1n) is 8.99. The third kappa shape index (κ3) is 7.75. The number of guanidine groups is 1. The van der Waals surface area contributed by atoms with Gasteiger partial charge in [0.25, 0.3) is 0 Å². The Balaban J connectivity index is 0.00000392. The standard InChI is InChI=1S/C21H28N4O2.HI/c1-15(2)20(26)25-18-10-8-16(9-11-18)13-23-21(22-3)24-14-17-6-5-7-19(12-17)27-4;/h5-12,15H,13-14H2,1-4H3,(H,25,26)(H2,22,23,24);1H. The Bertz CT molecular complexity index is 776. The van der Waals surface area contributed by atoms with E-state index >= 15 is 0 Å². The van der Waals surface area contributed by atoms with Crippen molar-refractivity contribution < 1.29 is 9.53 Å². The Hall–Kier alpha value is -2.29. The maximum atomic E-state index is 11.7. The third-order valence-corrected chi connectivity index (χ3v) is 4.02. The van der Waals surface area contributed by atoms with Crippen molar-refractivity contribution >= 4 is 41.5 Å². The number of carbonyl (C=O) groups excluding carboxylic acids is 1. The van der Waals surface area contributed by atoms with Crippen LogP contribution in [0.15, 0.2) is 53.5 Å². The second-order valence-electron chi connectivity index (χ2n) is 6.47. The van der Waals surface area contributed by atoms with Gasteiger partial charge in [-0.3, -0.25) is 9.79 Å². The molecule has 0 aliphatic carbocycles. The van der Waals surface area contributed by atoms with Crippen LogP contribution in [0.3, 0.4) is 0 Å². The number of benzene rings is 2. The van der Waals surface area contributed by atoms with Crippen LogP contribution in [0.25, 0.3) is 0 Å². The fraction of sp³-hybridized carbons (Fsp3) is 0.333. The molecule has 0 atom stereocenters. The molecule has 0 bridgehead atoms. The monoisotopic (exact) mass is 496 g/mol. The topological polar surface area (TPSA) is 74.8 Å². The Morgan fingerprint density at radius 3 is 2.25 bits per heavy atom. The second kappa shape index (κ2) is 12.2. The van der Waals surface area contributed by atoms with E-state index in [9.17, 15) is 4.79 Å². The van der Waals surface area contributed by atoms with E-state index in [4.69, 9.17) is 4.74 Å². The highest BCUT2D eigenvalue weighted by molar-refractivity contribution is 14.0. The molecule has 6 nitrogen and oxygen atoms in total. The zero-order valence-electron chi connectivity index (χ0n) is 16.8. The van der Waals surface area contributed by atoms with E-state index in [1.165, 1.54) is 0 Å². The molecule has 0 fully saturated rings. The van der Waals surface area contributed by atoms with E-state index in [2.05, 4.69) is 20.9 Å². The van der Waals surface area contributed by atoms with Gasteiger partial charge < -0.3 is 20.7 Å². The van der Waals surface area contributed by atoms with E-state index in [0.29, 0.717) is 13.1 Å². The SMILES string of the molecule is CN=C(NCc1ccc(NC(=O)C(C)C)cc1)NCc1cccc(OC)c1.I. The number of nitrogens with zero attached hydrogens (tertiary/aromatic N) is 1. The summed E-state index contributed by atoms with van der Waals surface area (Å²) in [4.78, 5) is 16.0. The van der Waals surface area contributed by atoms with Crippen LogP contribution < -0.4 is 20.7 Å². The smallest absolute Gasteiger partial charge is 0.226 e. The third-order valence-electron chi connectivity index (χ3n) is 4.02. The first kappa shape index (κ1) is 23.7. The summed E-state index contributed by atoms with van der Waals surface area (Å²) in [6, 6.07) is 15.7. The fourth-order valence-electron chi connectivity index (χ4n) is 2.37. The van der Waals surface area contributed by atoms with Gasteiger partial charge in [0.1, 0.15) is 5.75 Å². The fourth-order valence-corrected chi connectivity index (χ4v) is 2.37. The molecule has 2 aromatic rings. The van der Waals surface area contributed by atoms with Gasteiger partial charge in [-0.1, -0.05) is 38.1 Å². The molecule has 0 saturated heterocycles. The number of nitrogens with one attached hydrogen (secondary N) is 3. The largest absolute Gasteiger partial charge is 0.497 e. The summed E-state index contributed by atoms with van der Waals surface area (Å²) in [5.74, 6) is 1.53. The number of hydrogen-bond donors (Lipinski definition) is 3. The number of carbonyl (C=O) groups is 1. The van der Waals surface area contributed by atoms with Crippen molar-refractivity contribution in [3.05, 3.63) is 59.7 Å². The molecule has 28 heavy (non-hydrogen) atoms. The van der Waals surface area contributed by atoms with Crippen LogP contribution in [-0.4, -0.2) is 26.0 Å². The first-order chi connectivity index (χ1) is 13.0. The average molecular weight is 496 g/mol. The van der Waals surface area contributed by atoms with Crippen LogP contribution in [-0.2, 0) is 17.9 Å². The quantitative estimate of drug-likeness (QED) is 0.310. The summed E-state index contributed by atoms with van der Waals surface area (Å²) in [5, 5.41) is 9.45. The maximum absolute atomic E-state index is 11.7. The minimum Gasteiger partial charge on any atom is -0.497 e. The Morgan fingerprint density at radius 1 is 1.04 bits per heavy atom. The molecule has 0 aliphatic heterocycles. The van der Waals surface area contributed by atoms with Gasteiger partial charge in [0.05, 0.1) is 7.11 Å². The number of amides is 1. The number of ether oxygens (including phenoxy) is 1. The molecule has 7 heteroatoms. The molecule has 0 unspecified atom stereocenters. The number of hydrogen-bond acceptors (Lipinski definition) is 3. The van der Waals surface area contributed by atoms with Crippen molar-refractivity contribution in [2.75, 3.05) is 19.5 Å².